The number of hydrogen-bond acceptors (Lipinski definition) is 5. The quantitative estimate of drug-likeness (QED) is 0.789. The van der Waals surface area contributed by atoms with Crippen LogP contribution < -0.4 is 9.47 Å². The first kappa shape index (κ1) is 21.5. The van der Waals surface area contributed by atoms with Crippen LogP contribution in [0.15, 0.2) is 42.5 Å². The number of likely N-dealkylation sites (tertiary alicyclic amines) is 1. The molecular formula is C25H31NO5. The van der Waals surface area contributed by atoms with Crippen molar-refractivity contribution < 1.29 is 24.1 Å². The molecule has 1 heterocycles. The van der Waals surface area contributed by atoms with Crippen LogP contribution in [0.2, 0.25) is 0 Å². The molecule has 2 aromatic rings. The van der Waals surface area contributed by atoms with Crippen molar-refractivity contribution in [2.45, 2.75) is 44.8 Å². The zero-order chi connectivity index (χ0) is 22.2. The van der Waals surface area contributed by atoms with Crippen molar-refractivity contribution in [2.75, 3.05) is 27.3 Å². The lowest BCUT2D eigenvalue weighted by atomic mass is 9.72. The molecule has 6 nitrogen and oxygen atoms in total. The Morgan fingerprint density at radius 2 is 1.81 bits per heavy atom. The van der Waals surface area contributed by atoms with Crippen LogP contribution in [0.4, 0.5) is 4.79 Å². The summed E-state index contributed by atoms with van der Waals surface area (Å²) in [7, 11) is 3.02. The third kappa shape index (κ3) is 3.97. The Hall–Kier alpha value is -2.73. The van der Waals surface area contributed by atoms with Gasteiger partial charge in [-0.1, -0.05) is 37.3 Å². The summed E-state index contributed by atoms with van der Waals surface area (Å²) < 4.78 is 16.9. The number of methoxy groups -OCH3 is 2. The Morgan fingerprint density at radius 3 is 2.39 bits per heavy atom. The average Bonchev–Trinajstić information content (AvgIpc) is 3.34. The van der Waals surface area contributed by atoms with Crippen LogP contribution in [0.1, 0.15) is 36.5 Å². The molecule has 166 valence electrons. The van der Waals surface area contributed by atoms with Crippen LogP contribution in [0.3, 0.4) is 0 Å². The van der Waals surface area contributed by atoms with Crippen LogP contribution in [0.5, 0.6) is 11.5 Å². The number of aliphatic hydroxyl groups is 1. The number of aliphatic hydroxyl groups excluding tert-OH is 1. The Bertz CT molecular complexity index is 934. The molecule has 6 heteroatoms. The highest BCUT2D eigenvalue weighted by molar-refractivity contribution is 5.68. The molecule has 2 aromatic carbocycles. The van der Waals surface area contributed by atoms with E-state index in [9.17, 15) is 9.90 Å². The van der Waals surface area contributed by atoms with Crippen molar-refractivity contribution in [3.63, 3.8) is 0 Å². The highest BCUT2D eigenvalue weighted by Crippen LogP contribution is 2.47. The predicted molar refractivity (Wildman–Crippen MR) is 118 cm³/mol. The highest BCUT2D eigenvalue weighted by atomic mass is 16.5. The van der Waals surface area contributed by atoms with Crippen molar-refractivity contribution in [1.29, 1.82) is 0 Å². The minimum Gasteiger partial charge on any atom is -0.493 e. The van der Waals surface area contributed by atoms with Gasteiger partial charge in [-0.25, -0.2) is 4.79 Å². The number of amides is 1. The van der Waals surface area contributed by atoms with Gasteiger partial charge in [-0.3, -0.25) is 0 Å². The van der Waals surface area contributed by atoms with Gasteiger partial charge in [0, 0.05) is 37.3 Å². The second kappa shape index (κ2) is 8.42. The standard InChI is InChI=1S/C25H31NO5/c1-16(27)25(2)15-26(24(28)30-4)14-21(25)19-9-10-22(29-3)23(13-19)31-20-11-17-7-5-6-8-18(17)12-20/h5-10,13,16,20-21,27H,11-12,14-15H2,1-4H3/t16?,21-,25-/m1/s1. The first-order valence-corrected chi connectivity index (χ1v) is 10.8. The van der Waals surface area contributed by atoms with Crippen molar-refractivity contribution in [2.24, 2.45) is 5.41 Å². The summed E-state index contributed by atoms with van der Waals surface area (Å²) in [4.78, 5) is 13.8. The molecule has 1 aliphatic heterocycles. The number of nitrogens with zero attached hydrogens (tertiary/aromatic N) is 1. The molecule has 0 aromatic heterocycles. The number of benzene rings is 2. The molecule has 0 saturated carbocycles. The predicted octanol–water partition coefficient (Wildman–Crippen LogP) is 3.79. The number of carbonyl (C=O) groups excluding carboxylic acids is 1. The van der Waals surface area contributed by atoms with Gasteiger partial charge in [-0.05, 0) is 35.7 Å². The number of ether oxygens (including phenoxy) is 3. The number of rotatable bonds is 5. The highest BCUT2D eigenvalue weighted by Gasteiger charge is 2.48. The smallest absolute Gasteiger partial charge is 0.409 e. The van der Waals surface area contributed by atoms with Gasteiger partial charge in [0.15, 0.2) is 11.5 Å². The fraction of sp³-hybridized carbons (Fsp3) is 0.480. The molecule has 0 radical (unpaired) electrons. The summed E-state index contributed by atoms with van der Waals surface area (Å²) in [6.07, 6.45) is 0.828. The maximum atomic E-state index is 12.2. The van der Waals surface area contributed by atoms with Crippen molar-refractivity contribution in [1.82, 2.24) is 4.90 Å². The molecule has 1 fully saturated rings. The Balaban J connectivity index is 1.61. The third-order valence-corrected chi connectivity index (χ3v) is 7.02. The maximum Gasteiger partial charge on any atom is 0.409 e. The Morgan fingerprint density at radius 1 is 1.13 bits per heavy atom. The van der Waals surface area contributed by atoms with Gasteiger partial charge in [-0.2, -0.15) is 0 Å². The molecular weight excluding hydrogens is 394 g/mol. The molecule has 1 unspecified atom stereocenters. The summed E-state index contributed by atoms with van der Waals surface area (Å²) in [5.41, 5.74) is 3.17. The first-order valence-electron chi connectivity index (χ1n) is 10.8. The fourth-order valence-corrected chi connectivity index (χ4v) is 4.98. The van der Waals surface area contributed by atoms with E-state index < -0.39 is 11.5 Å². The lowest BCUT2D eigenvalue weighted by Crippen LogP contribution is -2.38. The summed E-state index contributed by atoms with van der Waals surface area (Å²) in [5, 5.41) is 10.6. The van der Waals surface area contributed by atoms with Crippen molar-refractivity contribution in [3.05, 3.63) is 59.2 Å². The normalized spacial score (nSPS) is 24.0. The summed E-state index contributed by atoms with van der Waals surface area (Å²) in [6.45, 7) is 4.71. The van der Waals surface area contributed by atoms with Crippen LogP contribution >= 0.6 is 0 Å². The number of hydrogen-bond donors (Lipinski definition) is 1. The molecule has 0 spiro atoms. The van der Waals surface area contributed by atoms with E-state index in [2.05, 4.69) is 24.3 Å². The minimum atomic E-state index is -0.594. The minimum absolute atomic E-state index is 0.0550. The fourth-order valence-electron chi connectivity index (χ4n) is 4.98. The molecule has 4 rings (SSSR count). The molecule has 31 heavy (non-hydrogen) atoms. The molecule has 1 saturated heterocycles. The van der Waals surface area contributed by atoms with Gasteiger partial charge in [0.1, 0.15) is 6.10 Å². The van der Waals surface area contributed by atoms with Gasteiger partial charge < -0.3 is 24.2 Å². The molecule has 1 N–H and O–H groups in total. The summed E-state index contributed by atoms with van der Waals surface area (Å²) in [6, 6.07) is 14.4. The van der Waals surface area contributed by atoms with E-state index in [0.29, 0.717) is 24.6 Å². The van der Waals surface area contributed by atoms with Crippen LogP contribution in [0.25, 0.3) is 0 Å². The lowest BCUT2D eigenvalue weighted by Gasteiger charge is -2.33. The maximum absolute atomic E-state index is 12.2. The second-order valence-electron chi connectivity index (χ2n) is 8.91. The summed E-state index contributed by atoms with van der Waals surface area (Å²) >= 11 is 0. The van der Waals surface area contributed by atoms with E-state index in [1.165, 1.54) is 18.2 Å². The van der Waals surface area contributed by atoms with E-state index in [1.54, 1.807) is 18.9 Å². The SMILES string of the molecule is COC(=O)N1C[C@H](c2ccc(OC)c(OC3Cc4ccccc4C3)c2)[C@@](C)(C(C)O)C1. The van der Waals surface area contributed by atoms with Crippen LogP contribution in [0, 0.1) is 5.41 Å². The van der Waals surface area contributed by atoms with Gasteiger partial charge in [0.2, 0.25) is 0 Å². The third-order valence-electron chi connectivity index (χ3n) is 7.02. The largest absolute Gasteiger partial charge is 0.493 e. The number of fused-ring (bicyclic) bond motifs is 1. The molecule has 1 amide bonds. The van der Waals surface area contributed by atoms with Gasteiger partial charge in [0.25, 0.3) is 0 Å². The monoisotopic (exact) mass is 425 g/mol. The van der Waals surface area contributed by atoms with Gasteiger partial charge in [0.05, 0.1) is 20.3 Å². The molecule has 1 aliphatic carbocycles. The van der Waals surface area contributed by atoms with Crippen LogP contribution in [-0.4, -0.2) is 55.6 Å². The Kier molecular flexibility index (Phi) is 5.84. The van der Waals surface area contributed by atoms with Crippen molar-refractivity contribution >= 4 is 6.09 Å². The first-order chi connectivity index (χ1) is 14.9. The van der Waals surface area contributed by atoms with E-state index in [1.807, 2.05) is 25.1 Å². The zero-order valence-corrected chi connectivity index (χ0v) is 18.6. The van der Waals surface area contributed by atoms with E-state index >= 15 is 0 Å². The van der Waals surface area contributed by atoms with E-state index in [0.717, 1.165) is 18.4 Å². The van der Waals surface area contributed by atoms with Gasteiger partial charge >= 0.3 is 6.09 Å². The molecule has 3 atom stereocenters. The molecule has 2 aliphatic rings. The Labute approximate surface area is 183 Å². The van der Waals surface area contributed by atoms with E-state index in [-0.39, 0.29) is 18.1 Å². The van der Waals surface area contributed by atoms with Gasteiger partial charge in [-0.15, -0.1) is 0 Å². The van der Waals surface area contributed by atoms with E-state index in [4.69, 9.17) is 14.2 Å². The topological polar surface area (TPSA) is 68.2 Å². The average molecular weight is 426 g/mol. The van der Waals surface area contributed by atoms with Crippen molar-refractivity contribution in [3.8, 4) is 11.5 Å². The molecule has 0 bridgehead atoms. The zero-order valence-electron chi connectivity index (χ0n) is 18.6. The second-order valence-corrected chi connectivity index (χ2v) is 8.91. The van der Waals surface area contributed by atoms with Crippen LogP contribution in [-0.2, 0) is 17.6 Å². The lowest BCUT2D eigenvalue weighted by molar-refractivity contribution is 0.0470. The summed E-state index contributed by atoms with van der Waals surface area (Å²) in [5.74, 6) is 1.32. The number of carbonyl (C=O) groups is 1.